The Morgan fingerprint density at radius 1 is 1.37 bits per heavy atom. The zero-order chi connectivity index (χ0) is 11.8. The van der Waals surface area contributed by atoms with E-state index in [0.717, 1.165) is 35.8 Å². The first-order valence-corrected chi connectivity index (χ1v) is 5.52. The van der Waals surface area contributed by atoms with Crippen LogP contribution in [0, 0.1) is 0 Å². The van der Waals surface area contributed by atoms with Crippen molar-refractivity contribution in [3.8, 4) is 5.75 Å². The number of hydrogen-bond acceptors (Lipinski definition) is 4. The molecule has 0 saturated heterocycles. The van der Waals surface area contributed by atoms with Gasteiger partial charge >= 0.3 is 0 Å². The summed E-state index contributed by atoms with van der Waals surface area (Å²) in [5, 5.41) is 1.14. The largest absolute Gasteiger partial charge is 1.00 e. The van der Waals surface area contributed by atoms with Crippen molar-refractivity contribution in [2.75, 3.05) is 13.7 Å². The molecule has 3 rings (SSSR count). The van der Waals surface area contributed by atoms with Crippen molar-refractivity contribution >= 4 is 16.7 Å². The van der Waals surface area contributed by atoms with Crippen LogP contribution in [-0.2, 0) is 6.54 Å². The van der Waals surface area contributed by atoms with Crippen molar-refractivity contribution in [1.82, 2.24) is 9.99 Å². The van der Waals surface area contributed by atoms with Crippen molar-refractivity contribution in [2.45, 2.75) is 6.54 Å². The number of nitrogens with one attached hydrogen (secondary N) is 1. The number of methoxy groups -OCH3 is 1. The van der Waals surface area contributed by atoms with Gasteiger partial charge in [0.2, 0.25) is 0 Å². The summed E-state index contributed by atoms with van der Waals surface area (Å²) in [4.78, 5) is 4.36. The number of rotatable bonds is 1. The molecule has 0 aliphatic carbocycles. The minimum absolute atomic E-state index is 0. The number of benzene rings is 1. The Morgan fingerprint density at radius 3 is 2.84 bits per heavy atom. The molecule has 5 N–H and O–H groups in total. The predicted octanol–water partition coefficient (Wildman–Crippen LogP) is -2.95. The second kappa shape index (κ2) is 5.92. The first-order valence-electron chi connectivity index (χ1n) is 5.52. The number of nitrogens with zero attached hydrogens (tertiary/aromatic N) is 2. The number of amidine groups is 1. The second-order valence-corrected chi connectivity index (χ2v) is 3.98. The molecule has 1 aromatic heterocycles. The van der Waals surface area contributed by atoms with Crippen LogP contribution >= 0.6 is 0 Å². The Labute approximate surface area is 116 Å². The lowest BCUT2D eigenvalue weighted by atomic mass is 10.2. The Morgan fingerprint density at radius 2 is 2.16 bits per heavy atom. The third-order valence-electron chi connectivity index (χ3n) is 3.08. The summed E-state index contributed by atoms with van der Waals surface area (Å²) in [5.41, 5.74) is 4.86. The fourth-order valence-electron chi connectivity index (χ4n) is 2.28. The highest BCUT2D eigenvalue weighted by Crippen LogP contribution is 2.25. The zero-order valence-corrected chi connectivity index (χ0v) is 11.2. The number of aliphatic imine (C=N–C) groups is 1. The molecule has 104 valence electrons. The van der Waals surface area contributed by atoms with E-state index in [1.165, 1.54) is 5.52 Å². The van der Waals surface area contributed by atoms with Gasteiger partial charge in [0.1, 0.15) is 5.75 Å². The number of hydrazine groups is 1. The molecule has 7 heteroatoms. The number of hydrogen-bond donors (Lipinski definition) is 2. The highest BCUT2D eigenvalue weighted by molar-refractivity contribution is 6.02. The molecule has 0 saturated carbocycles. The SMILES string of the molecule is COc1ccc2c(c1)cc1n2CCN=C1NN.O.[Cl-]. The Balaban J connectivity index is 0.000000902. The molecule has 0 fully saturated rings. The Hall–Kier alpha value is -1.76. The normalized spacial score (nSPS) is 12.8. The minimum Gasteiger partial charge on any atom is -1.00 e. The van der Waals surface area contributed by atoms with Gasteiger partial charge in [0.05, 0.1) is 19.3 Å². The summed E-state index contributed by atoms with van der Waals surface area (Å²) in [5.74, 6) is 7.08. The van der Waals surface area contributed by atoms with Gasteiger partial charge in [-0.1, -0.05) is 0 Å². The maximum absolute atomic E-state index is 5.48. The molecule has 1 aliphatic heterocycles. The number of aromatic nitrogens is 1. The summed E-state index contributed by atoms with van der Waals surface area (Å²) in [6, 6.07) is 8.14. The quantitative estimate of drug-likeness (QED) is 0.433. The van der Waals surface area contributed by atoms with Gasteiger partial charge in [-0.05, 0) is 24.3 Å². The van der Waals surface area contributed by atoms with E-state index in [1.807, 2.05) is 12.1 Å². The monoisotopic (exact) mass is 283 g/mol. The Kier molecular flexibility index (Phi) is 4.77. The maximum Gasteiger partial charge on any atom is 0.159 e. The maximum atomic E-state index is 5.48. The number of halogens is 1. The standard InChI is InChI=1S/C12H14N4O.ClH.H2O/c1-17-9-2-3-10-8(6-9)7-11-12(15-13)14-4-5-16(10)11;;/h2-3,6-7H,4-5,13H2,1H3,(H,14,15);1H;1H2/p-1. The van der Waals surface area contributed by atoms with Crippen LogP contribution in [0.15, 0.2) is 29.3 Å². The molecule has 2 heterocycles. The smallest absolute Gasteiger partial charge is 0.159 e. The van der Waals surface area contributed by atoms with Gasteiger partial charge in [-0.15, -0.1) is 0 Å². The van der Waals surface area contributed by atoms with Crippen LogP contribution in [0.1, 0.15) is 5.69 Å². The van der Waals surface area contributed by atoms with Crippen molar-refractivity contribution in [3.05, 3.63) is 30.0 Å². The molecule has 19 heavy (non-hydrogen) atoms. The lowest BCUT2D eigenvalue weighted by Crippen LogP contribution is -3.00. The predicted molar refractivity (Wildman–Crippen MR) is 70.8 cm³/mol. The van der Waals surface area contributed by atoms with Gasteiger partial charge in [-0.3, -0.25) is 4.99 Å². The summed E-state index contributed by atoms with van der Waals surface area (Å²) in [6.07, 6.45) is 0. The van der Waals surface area contributed by atoms with Crippen molar-refractivity contribution in [2.24, 2.45) is 10.8 Å². The lowest BCUT2D eigenvalue weighted by Gasteiger charge is -2.16. The highest BCUT2D eigenvalue weighted by Gasteiger charge is 2.16. The lowest BCUT2D eigenvalue weighted by molar-refractivity contribution is -0.00000506. The topological polar surface area (TPSA) is 96.1 Å². The molecule has 0 unspecified atom stereocenters. The average Bonchev–Trinajstić information content (AvgIpc) is 2.75. The molecule has 0 amide bonds. The molecule has 6 nitrogen and oxygen atoms in total. The average molecular weight is 284 g/mol. The molecular weight excluding hydrogens is 268 g/mol. The van der Waals surface area contributed by atoms with Gasteiger partial charge in [0.25, 0.3) is 0 Å². The molecule has 0 radical (unpaired) electrons. The summed E-state index contributed by atoms with van der Waals surface area (Å²) < 4.78 is 7.45. The van der Waals surface area contributed by atoms with Gasteiger partial charge in [0.15, 0.2) is 5.84 Å². The first kappa shape index (κ1) is 15.3. The molecule has 0 spiro atoms. The molecule has 0 atom stereocenters. The molecular formula is C12H16ClN4O2-. The molecule has 0 bridgehead atoms. The van der Waals surface area contributed by atoms with Gasteiger partial charge in [-0.25, -0.2) is 5.84 Å². The van der Waals surface area contributed by atoms with E-state index in [-0.39, 0.29) is 17.9 Å². The fourth-order valence-corrected chi connectivity index (χ4v) is 2.28. The molecule has 1 aliphatic rings. The minimum atomic E-state index is 0. The van der Waals surface area contributed by atoms with E-state index in [2.05, 4.69) is 27.1 Å². The van der Waals surface area contributed by atoms with E-state index in [0.29, 0.717) is 0 Å². The molecule has 1 aromatic carbocycles. The van der Waals surface area contributed by atoms with Gasteiger partial charge in [0, 0.05) is 17.4 Å². The van der Waals surface area contributed by atoms with Crippen LogP contribution in [-0.4, -0.2) is 29.5 Å². The third kappa shape index (κ3) is 2.37. The van der Waals surface area contributed by atoms with E-state index in [1.54, 1.807) is 7.11 Å². The second-order valence-electron chi connectivity index (χ2n) is 3.98. The van der Waals surface area contributed by atoms with Crippen LogP contribution < -0.4 is 28.4 Å². The van der Waals surface area contributed by atoms with E-state index >= 15 is 0 Å². The van der Waals surface area contributed by atoms with Crippen molar-refractivity contribution in [1.29, 1.82) is 0 Å². The zero-order valence-electron chi connectivity index (χ0n) is 10.5. The number of nitrogens with two attached hydrogens (primary N) is 1. The number of fused-ring (bicyclic) bond motifs is 3. The third-order valence-corrected chi connectivity index (χ3v) is 3.08. The van der Waals surface area contributed by atoms with E-state index in [9.17, 15) is 0 Å². The van der Waals surface area contributed by atoms with E-state index < -0.39 is 0 Å². The highest BCUT2D eigenvalue weighted by atomic mass is 35.5. The Bertz CT molecular complexity index is 609. The van der Waals surface area contributed by atoms with Gasteiger partial charge in [-0.2, -0.15) is 0 Å². The molecule has 2 aromatic rings. The van der Waals surface area contributed by atoms with Crippen molar-refractivity contribution in [3.63, 3.8) is 0 Å². The summed E-state index contributed by atoms with van der Waals surface area (Å²) in [6.45, 7) is 1.64. The summed E-state index contributed by atoms with van der Waals surface area (Å²) >= 11 is 0. The fraction of sp³-hybridized carbons (Fsp3) is 0.250. The van der Waals surface area contributed by atoms with Crippen LogP contribution in [0.25, 0.3) is 10.9 Å². The van der Waals surface area contributed by atoms with Gasteiger partial charge < -0.3 is 32.6 Å². The van der Waals surface area contributed by atoms with E-state index in [4.69, 9.17) is 10.6 Å². The van der Waals surface area contributed by atoms with Crippen molar-refractivity contribution < 1.29 is 22.6 Å². The van der Waals surface area contributed by atoms with Crippen LogP contribution in [0.3, 0.4) is 0 Å². The number of ether oxygens (including phenoxy) is 1. The summed E-state index contributed by atoms with van der Waals surface area (Å²) in [7, 11) is 1.67. The van der Waals surface area contributed by atoms with Crippen LogP contribution in [0.2, 0.25) is 0 Å². The van der Waals surface area contributed by atoms with Crippen LogP contribution in [0.4, 0.5) is 0 Å². The first-order chi connectivity index (χ1) is 8.33. The van der Waals surface area contributed by atoms with Crippen LogP contribution in [0.5, 0.6) is 5.75 Å².